The van der Waals surface area contributed by atoms with E-state index in [2.05, 4.69) is 33.4 Å². The molecule has 2 N–H and O–H groups in total. The molecule has 4 aromatic rings. The van der Waals surface area contributed by atoms with Crippen LogP contribution in [0.4, 0.5) is 4.79 Å². The fourth-order valence-electron chi connectivity index (χ4n) is 4.55. The lowest BCUT2D eigenvalue weighted by Gasteiger charge is -2.17. The lowest BCUT2D eigenvalue weighted by atomic mass is 9.98. The molecule has 0 bridgehead atoms. The molecular weight excluding hydrogens is 534 g/mol. The second kappa shape index (κ2) is 10.9. The molecule has 0 aromatic heterocycles. The molecule has 37 heavy (non-hydrogen) atoms. The molecule has 0 aliphatic heterocycles. The average molecular weight is 558 g/mol. The summed E-state index contributed by atoms with van der Waals surface area (Å²) in [4.78, 5) is 24.5. The summed E-state index contributed by atoms with van der Waals surface area (Å²) >= 11 is 3.39. The van der Waals surface area contributed by atoms with Gasteiger partial charge in [0.1, 0.15) is 24.1 Å². The minimum atomic E-state index is -1.14. The molecule has 0 heterocycles. The summed E-state index contributed by atoms with van der Waals surface area (Å²) in [6.45, 7) is 0.119. The predicted molar refractivity (Wildman–Crippen MR) is 144 cm³/mol. The minimum Gasteiger partial charge on any atom is -0.480 e. The van der Waals surface area contributed by atoms with E-state index in [0.29, 0.717) is 11.5 Å². The molecule has 0 saturated carbocycles. The minimum absolute atomic E-state index is 0.0975. The van der Waals surface area contributed by atoms with Gasteiger partial charge in [0.25, 0.3) is 0 Å². The number of hydrogen-bond acceptors (Lipinski definition) is 4. The highest BCUT2D eigenvalue weighted by Crippen LogP contribution is 2.44. The van der Waals surface area contributed by atoms with Crippen molar-refractivity contribution in [1.82, 2.24) is 5.32 Å². The Morgan fingerprint density at radius 3 is 1.92 bits per heavy atom. The summed E-state index contributed by atoms with van der Waals surface area (Å²) < 4.78 is 12.3. The maximum Gasteiger partial charge on any atom is 0.407 e. The maximum atomic E-state index is 12.6. The molecule has 1 aliphatic rings. The molecule has 6 nitrogen and oxygen atoms in total. The van der Waals surface area contributed by atoms with Gasteiger partial charge in [0.2, 0.25) is 0 Å². The highest BCUT2D eigenvalue weighted by Gasteiger charge is 2.29. The molecule has 0 radical (unpaired) electrons. The number of halogens is 1. The van der Waals surface area contributed by atoms with Crippen molar-refractivity contribution in [2.24, 2.45) is 0 Å². The number of aliphatic carboxylic acids is 1. The number of carbonyl (C=O) groups is 2. The van der Waals surface area contributed by atoms with E-state index in [0.717, 1.165) is 32.3 Å². The first-order valence-corrected chi connectivity index (χ1v) is 12.6. The molecule has 1 aliphatic carbocycles. The van der Waals surface area contributed by atoms with Gasteiger partial charge < -0.3 is 19.9 Å². The Balaban J connectivity index is 1.19. The summed E-state index contributed by atoms with van der Waals surface area (Å²) in [6.07, 6.45) is -0.651. The van der Waals surface area contributed by atoms with E-state index in [1.807, 2.05) is 60.7 Å². The Bertz CT molecular complexity index is 1370. The van der Waals surface area contributed by atoms with Gasteiger partial charge in [0, 0.05) is 16.8 Å². The van der Waals surface area contributed by atoms with Crippen molar-refractivity contribution < 1.29 is 24.2 Å². The summed E-state index contributed by atoms with van der Waals surface area (Å²) in [5, 5.41) is 12.2. The Labute approximate surface area is 223 Å². The summed E-state index contributed by atoms with van der Waals surface area (Å²) in [6, 6.07) is 29.5. The second-order valence-electron chi connectivity index (χ2n) is 8.76. The van der Waals surface area contributed by atoms with Gasteiger partial charge in [-0.15, -0.1) is 0 Å². The van der Waals surface area contributed by atoms with Gasteiger partial charge in [-0.05, 0) is 64.2 Å². The van der Waals surface area contributed by atoms with Crippen molar-refractivity contribution in [1.29, 1.82) is 0 Å². The fourth-order valence-corrected chi connectivity index (χ4v) is 4.81. The van der Waals surface area contributed by atoms with E-state index >= 15 is 0 Å². The first-order valence-electron chi connectivity index (χ1n) is 11.8. The molecule has 1 unspecified atom stereocenters. The number of carboxylic acid groups (broad SMARTS) is 1. The van der Waals surface area contributed by atoms with Crippen LogP contribution in [0.1, 0.15) is 22.6 Å². The topological polar surface area (TPSA) is 84.9 Å². The van der Waals surface area contributed by atoms with Gasteiger partial charge in [0.15, 0.2) is 0 Å². The number of carbonyl (C=O) groups excluding carboxylic acids is 1. The number of nitrogens with one attached hydrogen (secondary N) is 1. The van der Waals surface area contributed by atoms with Gasteiger partial charge >= 0.3 is 12.1 Å². The van der Waals surface area contributed by atoms with Gasteiger partial charge in [0.05, 0.1) is 0 Å². The third-order valence-electron chi connectivity index (χ3n) is 6.35. The third kappa shape index (κ3) is 5.67. The Morgan fingerprint density at radius 1 is 0.811 bits per heavy atom. The Kier molecular flexibility index (Phi) is 7.23. The van der Waals surface area contributed by atoms with Crippen molar-refractivity contribution in [2.75, 3.05) is 6.61 Å². The molecule has 0 fully saturated rings. The van der Waals surface area contributed by atoms with Gasteiger partial charge in [-0.2, -0.15) is 0 Å². The van der Waals surface area contributed by atoms with Gasteiger partial charge in [-0.1, -0.05) is 76.6 Å². The van der Waals surface area contributed by atoms with Gasteiger partial charge in [-0.3, -0.25) is 0 Å². The standard InChI is InChI=1S/C30H24BrNO5/c31-20-11-15-22(16-12-20)37-21-13-9-19(10-14-21)17-28(29(33)34)32-30(35)36-18-27-25-7-3-1-5-23(25)24-6-2-4-8-26(24)27/h1-16,27-28H,17-18H2,(H,32,35)(H,33,34). The Hall–Kier alpha value is -4.10. The van der Waals surface area contributed by atoms with Crippen LogP contribution >= 0.6 is 15.9 Å². The number of amides is 1. The van der Waals surface area contributed by atoms with Gasteiger partial charge in [-0.25, -0.2) is 9.59 Å². The molecule has 0 spiro atoms. The van der Waals surface area contributed by atoms with E-state index in [1.54, 1.807) is 24.3 Å². The van der Waals surface area contributed by atoms with Crippen LogP contribution in [-0.2, 0) is 16.0 Å². The van der Waals surface area contributed by atoms with Crippen molar-refractivity contribution in [3.8, 4) is 22.6 Å². The van der Waals surface area contributed by atoms with E-state index in [9.17, 15) is 14.7 Å². The van der Waals surface area contributed by atoms with E-state index in [1.165, 1.54) is 0 Å². The van der Waals surface area contributed by atoms with Crippen LogP contribution in [0, 0.1) is 0 Å². The monoisotopic (exact) mass is 557 g/mol. The number of benzene rings is 4. The zero-order chi connectivity index (χ0) is 25.8. The lowest BCUT2D eigenvalue weighted by Crippen LogP contribution is -2.42. The van der Waals surface area contributed by atoms with E-state index < -0.39 is 18.1 Å². The summed E-state index contributed by atoms with van der Waals surface area (Å²) in [7, 11) is 0. The largest absolute Gasteiger partial charge is 0.480 e. The molecule has 5 rings (SSSR count). The quantitative estimate of drug-likeness (QED) is 0.249. The van der Waals surface area contributed by atoms with E-state index in [4.69, 9.17) is 9.47 Å². The molecule has 4 aromatic carbocycles. The SMILES string of the molecule is O=C(NC(Cc1ccc(Oc2ccc(Br)cc2)cc1)C(=O)O)OCC1c2ccccc2-c2ccccc21. The number of rotatable bonds is 8. The number of hydrogen-bond donors (Lipinski definition) is 2. The van der Waals surface area contributed by atoms with Crippen LogP contribution in [0.2, 0.25) is 0 Å². The first-order chi connectivity index (χ1) is 18.0. The maximum absolute atomic E-state index is 12.6. The molecule has 1 amide bonds. The van der Waals surface area contributed by atoms with Crippen molar-refractivity contribution >= 4 is 28.0 Å². The zero-order valence-corrected chi connectivity index (χ0v) is 21.4. The molecule has 186 valence electrons. The number of fused-ring (bicyclic) bond motifs is 3. The average Bonchev–Trinajstić information content (AvgIpc) is 3.23. The first kappa shape index (κ1) is 24.6. The summed E-state index contributed by atoms with van der Waals surface area (Å²) in [5.74, 6) is 0.0853. The molecule has 0 saturated heterocycles. The second-order valence-corrected chi connectivity index (χ2v) is 9.68. The van der Waals surface area contributed by atoms with Crippen LogP contribution in [0.3, 0.4) is 0 Å². The Morgan fingerprint density at radius 2 is 1.35 bits per heavy atom. The highest BCUT2D eigenvalue weighted by molar-refractivity contribution is 9.10. The van der Waals surface area contributed by atoms with Crippen LogP contribution < -0.4 is 10.1 Å². The lowest BCUT2D eigenvalue weighted by molar-refractivity contribution is -0.139. The van der Waals surface area contributed by atoms with Crippen LogP contribution in [0.15, 0.2) is 102 Å². The zero-order valence-electron chi connectivity index (χ0n) is 19.8. The van der Waals surface area contributed by atoms with Crippen molar-refractivity contribution in [3.05, 3.63) is 118 Å². The third-order valence-corrected chi connectivity index (χ3v) is 6.88. The van der Waals surface area contributed by atoms with Crippen LogP contribution in [-0.4, -0.2) is 29.8 Å². The number of ether oxygens (including phenoxy) is 2. The molecule has 7 heteroatoms. The highest BCUT2D eigenvalue weighted by atomic mass is 79.9. The molecular formula is C30H24BrNO5. The predicted octanol–water partition coefficient (Wildman–Crippen LogP) is 6.78. The van der Waals surface area contributed by atoms with Crippen molar-refractivity contribution in [2.45, 2.75) is 18.4 Å². The number of carboxylic acids is 1. The van der Waals surface area contributed by atoms with E-state index in [-0.39, 0.29) is 18.9 Å². The smallest absolute Gasteiger partial charge is 0.407 e. The van der Waals surface area contributed by atoms with Crippen LogP contribution in [0.25, 0.3) is 11.1 Å². The van der Waals surface area contributed by atoms with Crippen molar-refractivity contribution in [3.63, 3.8) is 0 Å². The van der Waals surface area contributed by atoms with Crippen LogP contribution in [0.5, 0.6) is 11.5 Å². The number of alkyl carbamates (subject to hydrolysis) is 1. The summed E-state index contributed by atoms with van der Waals surface area (Å²) in [5.41, 5.74) is 5.19. The normalized spacial score (nSPS) is 12.8. The fraction of sp³-hybridized carbons (Fsp3) is 0.133. The molecule has 1 atom stereocenters.